The van der Waals surface area contributed by atoms with E-state index in [1.807, 2.05) is 0 Å². The van der Waals surface area contributed by atoms with Gasteiger partial charge < -0.3 is 14.2 Å². The van der Waals surface area contributed by atoms with E-state index >= 15 is 0 Å². The average molecular weight is 1080 g/mol. The molecule has 0 bridgehead atoms. The molecule has 448 valence electrons. The minimum Gasteiger partial charge on any atom is -0.462 e. The van der Waals surface area contributed by atoms with Crippen molar-refractivity contribution in [1.29, 1.82) is 0 Å². The van der Waals surface area contributed by atoms with Crippen molar-refractivity contribution < 1.29 is 28.6 Å². The lowest BCUT2D eigenvalue weighted by atomic mass is 10.0. The normalized spacial score (nSPS) is 12.4. The number of rotatable bonds is 62. The molecule has 0 aromatic carbocycles. The molecule has 6 nitrogen and oxygen atoms in total. The van der Waals surface area contributed by atoms with Gasteiger partial charge in [-0.3, -0.25) is 14.4 Å². The van der Waals surface area contributed by atoms with Crippen LogP contribution in [0.1, 0.15) is 355 Å². The summed E-state index contributed by atoms with van der Waals surface area (Å²) in [5.41, 5.74) is 0. The highest BCUT2D eigenvalue weighted by Gasteiger charge is 2.19. The third kappa shape index (κ3) is 63.8. The topological polar surface area (TPSA) is 78.9 Å². The van der Waals surface area contributed by atoms with Crippen molar-refractivity contribution in [3.05, 3.63) is 60.8 Å². The van der Waals surface area contributed by atoms with Crippen molar-refractivity contribution in [2.24, 2.45) is 0 Å². The van der Waals surface area contributed by atoms with Crippen LogP contribution in [0.4, 0.5) is 0 Å². The van der Waals surface area contributed by atoms with Crippen LogP contribution in [0, 0.1) is 0 Å². The lowest BCUT2D eigenvalue weighted by Gasteiger charge is -2.18. The summed E-state index contributed by atoms with van der Waals surface area (Å²) < 4.78 is 16.9. The predicted molar refractivity (Wildman–Crippen MR) is 335 cm³/mol. The number of hydrogen-bond donors (Lipinski definition) is 0. The molecule has 0 saturated carbocycles. The summed E-state index contributed by atoms with van der Waals surface area (Å²) >= 11 is 0. The molecule has 0 rings (SSSR count). The number of ether oxygens (including phenoxy) is 3. The van der Waals surface area contributed by atoms with Crippen molar-refractivity contribution in [2.75, 3.05) is 13.2 Å². The summed E-state index contributed by atoms with van der Waals surface area (Å²) in [6.07, 6.45) is 84.2. The van der Waals surface area contributed by atoms with Gasteiger partial charge in [0.15, 0.2) is 6.10 Å². The van der Waals surface area contributed by atoms with Crippen LogP contribution >= 0.6 is 0 Å². The van der Waals surface area contributed by atoms with E-state index < -0.39 is 6.10 Å². The van der Waals surface area contributed by atoms with Crippen LogP contribution in [0.5, 0.6) is 0 Å². The summed E-state index contributed by atoms with van der Waals surface area (Å²) in [5, 5.41) is 0. The highest BCUT2D eigenvalue weighted by molar-refractivity contribution is 5.71. The fourth-order valence-corrected chi connectivity index (χ4v) is 9.96. The number of esters is 3. The van der Waals surface area contributed by atoms with Crippen LogP contribution in [0.25, 0.3) is 0 Å². The zero-order valence-electron chi connectivity index (χ0n) is 51.5. The van der Waals surface area contributed by atoms with Crippen LogP contribution in [0.2, 0.25) is 0 Å². The molecule has 77 heavy (non-hydrogen) atoms. The van der Waals surface area contributed by atoms with Gasteiger partial charge in [-0.2, -0.15) is 0 Å². The summed E-state index contributed by atoms with van der Waals surface area (Å²) in [5.74, 6) is -0.871. The summed E-state index contributed by atoms with van der Waals surface area (Å²) in [7, 11) is 0. The molecule has 0 amide bonds. The highest BCUT2D eigenvalue weighted by atomic mass is 16.6. The molecule has 0 saturated heterocycles. The van der Waals surface area contributed by atoms with E-state index in [1.54, 1.807) is 0 Å². The molecule has 0 aromatic heterocycles. The molecule has 0 fully saturated rings. The van der Waals surface area contributed by atoms with E-state index in [0.29, 0.717) is 19.3 Å². The molecule has 1 atom stereocenters. The predicted octanol–water partition coefficient (Wildman–Crippen LogP) is 23.1. The van der Waals surface area contributed by atoms with E-state index in [9.17, 15) is 14.4 Å². The van der Waals surface area contributed by atoms with Crippen molar-refractivity contribution in [3.63, 3.8) is 0 Å². The zero-order chi connectivity index (χ0) is 55.7. The van der Waals surface area contributed by atoms with E-state index in [1.165, 1.54) is 225 Å². The Morgan fingerprint density at radius 3 is 0.805 bits per heavy atom. The Bertz CT molecular complexity index is 1380. The fraction of sp³-hybridized carbons (Fsp3) is 0.817. The third-order valence-corrected chi connectivity index (χ3v) is 15.0. The van der Waals surface area contributed by atoms with Gasteiger partial charge in [-0.1, -0.05) is 313 Å². The summed E-state index contributed by atoms with van der Waals surface area (Å²) in [4.78, 5) is 38.1. The van der Waals surface area contributed by atoms with Crippen molar-refractivity contribution >= 4 is 17.9 Å². The monoisotopic (exact) mass is 1080 g/mol. The van der Waals surface area contributed by atoms with Gasteiger partial charge in [-0.25, -0.2) is 0 Å². The van der Waals surface area contributed by atoms with Gasteiger partial charge in [0.25, 0.3) is 0 Å². The van der Waals surface area contributed by atoms with Crippen LogP contribution in [-0.2, 0) is 28.6 Å². The maximum Gasteiger partial charge on any atom is 0.306 e. The molecule has 0 spiro atoms. The van der Waals surface area contributed by atoms with Crippen molar-refractivity contribution in [3.8, 4) is 0 Å². The van der Waals surface area contributed by atoms with Crippen LogP contribution in [-0.4, -0.2) is 37.2 Å². The van der Waals surface area contributed by atoms with Gasteiger partial charge >= 0.3 is 17.9 Å². The molecule has 0 aliphatic carbocycles. The number of carbonyl (C=O) groups is 3. The molecule has 0 aliphatic heterocycles. The first-order chi connectivity index (χ1) is 38.0. The minimum absolute atomic E-state index is 0.0738. The molecular formula is C71H128O6. The van der Waals surface area contributed by atoms with Gasteiger partial charge in [0.05, 0.1) is 0 Å². The Labute approximate surface area is 479 Å². The second-order valence-corrected chi connectivity index (χ2v) is 22.7. The molecule has 1 unspecified atom stereocenters. The molecule has 0 aromatic rings. The SMILES string of the molecule is CC/C=C\C/C=C\C/C=C\C/C=C\CCCCCCCCCCC(=O)OC(COC(=O)CCCCCCCCC)COC(=O)CCCCCCCCCCCCCCCCCCCCC/C=C\CCCCCCCCCC. The summed E-state index contributed by atoms with van der Waals surface area (Å²) in [6, 6.07) is 0. The molecule has 0 aliphatic rings. The van der Waals surface area contributed by atoms with Crippen LogP contribution in [0.3, 0.4) is 0 Å². The Morgan fingerprint density at radius 1 is 0.273 bits per heavy atom. The average Bonchev–Trinajstić information content (AvgIpc) is 3.43. The second kappa shape index (κ2) is 65.6. The maximum atomic E-state index is 12.9. The number of carbonyl (C=O) groups excluding carboxylic acids is 3. The molecule has 0 N–H and O–H groups in total. The zero-order valence-corrected chi connectivity index (χ0v) is 51.5. The van der Waals surface area contributed by atoms with Crippen LogP contribution in [0.15, 0.2) is 60.8 Å². The summed E-state index contributed by atoms with van der Waals surface area (Å²) in [6.45, 7) is 6.52. The van der Waals surface area contributed by atoms with Crippen molar-refractivity contribution in [2.45, 2.75) is 361 Å². The van der Waals surface area contributed by atoms with E-state index in [2.05, 4.69) is 81.5 Å². The first kappa shape index (κ1) is 74.1. The first-order valence-electron chi connectivity index (χ1n) is 33.8. The lowest BCUT2D eigenvalue weighted by Crippen LogP contribution is -2.30. The second-order valence-electron chi connectivity index (χ2n) is 22.7. The van der Waals surface area contributed by atoms with Crippen molar-refractivity contribution in [1.82, 2.24) is 0 Å². The first-order valence-corrected chi connectivity index (χ1v) is 33.8. The molecule has 0 heterocycles. The van der Waals surface area contributed by atoms with E-state index in [-0.39, 0.29) is 31.1 Å². The van der Waals surface area contributed by atoms with Gasteiger partial charge in [-0.15, -0.1) is 0 Å². The largest absolute Gasteiger partial charge is 0.462 e. The van der Waals surface area contributed by atoms with E-state index in [0.717, 1.165) is 89.9 Å². The molecule has 0 radical (unpaired) electrons. The minimum atomic E-state index is -0.775. The highest BCUT2D eigenvalue weighted by Crippen LogP contribution is 2.18. The third-order valence-electron chi connectivity index (χ3n) is 15.0. The Kier molecular flexibility index (Phi) is 63.2. The van der Waals surface area contributed by atoms with Gasteiger partial charge in [0, 0.05) is 19.3 Å². The van der Waals surface area contributed by atoms with Gasteiger partial charge in [-0.05, 0) is 83.5 Å². The maximum absolute atomic E-state index is 12.9. The number of hydrogen-bond acceptors (Lipinski definition) is 6. The quantitative estimate of drug-likeness (QED) is 0.0261. The number of allylic oxidation sites excluding steroid dienone is 10. The fourth-order valence-electron chi connectivity index (χ4n) is 9.96. The smallest absolute Gasteiger partial charge is 0.306 e. The Morgan fingerprint density at radius 2 is 0.506 bits per heavy atom. The van der Waals surface area contributed by atoms with Gasteiger partial charge in [0.1, 0.15) is 13.2 Å². The van der Waals surface area contributed by atoms with Gasteiger partial charge in [0.2, 0.25) is 0 Å². The number of unbranched alkanes of at least 4 members (excludes halogenated alkanes) is 41. The Balaban J connectivity index is 4.03. The van der Waals surface area contributed by atoms with Crippen LogP contribution < -0.4 is 0 Å². The standard InChI is InChI=1S/C71H128O6/c1-4-7-10-13-16-18-20-22-24-26-28-30-31-32-33-34-35-36-37-38-39-41-42-44-46-48-50-52-55-58-61-64-70(73)76-67-68(66-75-69(72)63-60-57-54-15-12-9-6-3)77-71(74)65-62-59-56-53-51-49-47-45-43-40-29-27-25-23-21-19-17-14-11-8-5-2/h8,11,17,19,23,25-26,28-29,40,68H,4-7,9-10,12-16,18,20-22,24,27,30-39,41-67H2,1-3H3/b11-8-,19-17-,25-23-,28-26-,40-29-. The Hall–Kier alpha value is -2.89. The molecular weight excluding hydrogens is 949 g/mol. The van der Waals surface area contributed by atoms with E-state index in [4.69, 9.17) is 14.2 Å². The molecule has 6 heteroatoms. The lowest BCUT2D eigenvalue weighted by molar-refractivity contribution is -0.167.